The van der Waals surface area contributed by atoms with E-state index >= 15 is 0 Å². The van der Waals surface area contributed by atoms with Crippen molar-refractivity contribution in [1.29, 1.82) is 0 Å². The smallest absolute Gasteiger partial charge is 0.0596 e. The number of nitrogens with zero attached hydrogens (tertiary/aromatic N) is 1. The predicted molar refractivity (Wildman–Crippen MR) is 78.0 cm³/mol. The van der Waals surface area contributed by atoms with E-state index in [4.69, 9.17) is 0 Å². The molecule has 0 saturated heterocycles. The number of hydrogen-bond donors (Lipinski definition) is 1. The van der Waals surface area contributed by atoms with Crippen LogP contribution >= 0.6 is 0 Å². The van der Waals surface area contributed by atoms with Gasteiger partial charge >= 0.3 is 0 Å². The van der Waals surface area contributed by atoms with Crippen molar-refractivity contribution < 1.29 is 0 Å². The van der Waals surface area contributed by atoms with Crippen LogP contribution in [0.4, 0.5) is 0 Å². The van der Waals surface area contributed by atoms with Gasteiger partial charge < -0.3 is 5.32 Å². The van der Waals surface area contributed by atoms with E-state index in [0.717, 1.165) is 6.42 Å². The first-order valence-corrected chi connectivity index (χ1v) is 6.99. The first-order valence-electron chi connectivity index (χ1n) is 6.99. The minimum atomic E-state index is 0.269. The molecule has 0 saturated carbocycles. The number of hydrogen-bond acceptors (Lipinski definition) is 2. The molecule has 0 radical (unpaired) electrons. The molecule has 1 aliphatic heterocycles. The van der Waals surface area contributed by atoms with Gasteiger partial charge in [-0.2, -0.15) is 0 Å². The summed E-state index contributed by atoms with van der Waals surface area (Å²) in [6, 6.07) is 13.7. The van der Waals surface area contributed by atoms with Crippen molar-refractivity contribution in [1.82, 2.24) is 10.3 Å². The van der Waals surface area contributed by atoms with Crippen LogP contribution < -0.4 is 5.32 Å². The van der Waals surface area contributed by atoms with Crippen molar-refractivity contribution in [2.75, 3.05) is 0 Å². The number of pyridine rings is 1. The summed E-state index contributed by atoms with van der Waals surface area (Å²) in [6.07, 6.45) is 4.92. The van der Waals surface area contributed by atoms with Gasteiger partial charge in [0.2, 0.25) is 0 Å². The second-order valence-corrected chi connectivity index (χ2v) is 5.64. The minimum absolute atomic E-state index is 0.269. The molecule has 0 aliphatic carbocycles. The Labute approximate surface area is 114 Å². The Bertz CT molecular complexity index is 548. The molecule has 19 heavy (non-hydrogen) atoms. The van der Waals surface area contributed by atoms with Crippen molar-refractivity contribution in [3.8, 4) is 0 Å². The Hall–Kier alpha value is -1.67. The molecule has 2 atom stereocenters. The van der Waals surface area contributed by atoms with Crippen LogP contribution in [0.25, 0.3) is 0 Å². The standard InChI is InChI=1S/C17H20N2/c1-12(2)16-10-13-6-3-4-8-15(13)17(19-16)14-7-5-9-18-11-14/h3-9,11-12,16-17,19H,10H2,1-2H3. The fourth-order valence-electron chi connectivity index (χ4n) is 2.85. The fraction of sp³-hybridized carbons (Fsp3) is 0.353. The van der Waals surface area contributed by atoms with Gasteiger partial charge in [-0.05, 0) is 35.1 Å². The van der Waals surface area contributed by atoms with Gasteiger partial charge in [0, 0.05) is 18.4 Å². The van der Waals surface area contributed by atoms with E-state index < -0.39 is 0 Å². The number of aromatic nitrogens is 1. The van der Waals surface area contributed by atoms with Crippen molar-refractivity contribution >= 4 is 0 Å². The zero-order valence-corrected chi connectivity index (χ0v) is 11.5. The van der Waals surface area contributed by atoms with Crippen molar-refractivity contribution in [2.45, 2.75) is 32.4 Å². The molecule has 0 spiro atoms. The first kappa shape index (κ1) is 12.4. The summed E-state index contributed by atoms with van der Waals surface area (Å²) in [5.41, 5.74) is 4.11. The molecule has 1 aromatic carbocycles. The van der Waals surface area contributed by atoms with Crippen LogP contribution in [0.5, 0.6) is 0 Å². The summed E-state index contributed by atoms with van der Waals surface area (Å²) < 4.78 is 0. The van der Waals surface area contributed by atoms with Gasteiger partial charge in [-0.1, -0.05) is 44.2 Å². The SMILES string of the molecule is CC(C)C1Cc2ccccc2C(c2cccnc2)N1. The lowest BCUT2D eigenvalue weighted by Crippen LogP contribution is -2.43. The maximum atomic E-state index is 4.26. The molecule has 1 N–H and O–H groups in total. The molecule has 0 bridgehead atoms. The number of rotatable bonds is 2. The van der Waals surface area contributed by atoms with Crippen LogP contribution in [0.1, 0.15) is 36.6 Å². The second-order valence-electron chi connectivity index (χ2n) is 5.64. The molecular formula is C17H20N2. The summed E-state index contributed by atoms with van der Waals surface area (Å²) in [7, 11) is 0. The Morgan fingerprint density at radius 3 is 2.74 bits per heavy atom. The zero-order chi connectivity index (χ0) is 13.2. The van der Waals surface area contributed by atoms with E-state index in [1.54, 1.807) is 0 Å². The molecule has 2 heteroatoms. The van der Waals surface area contributed by atoms with E-state index in [-0.39, 0.29) is 6.04 Å². The van der Waals surface area contributed by atoms with Crippen LogP contribution in [0.15, 0.2) is 48.8 Å². The third-order valence-corrected chi connectivity index (χ3v) is 4.01. The van der Waals surface area contributed by atoms with Gasteiger partial charge in [0.15, 0.2) is 0 Å². The summed E-state index contributed by atoms with van der Waals surface area (Å²) in [5, 5.41) is 3.79. The Balaban J connectivity index is 2.03. The highest BCUT2D eigenvalue weighted by atomic mass is 15.0. The Morgan fingerprint density at radius 1 is 1.16 bits per heavy atom. The maximum absolute atomic E-state index is 4.26. The molecule has 2 aromatic rings. The van der Waals surface area contributed by atoms with Gasteiger partial charge in [0.1, 0.15) is 0 Å². The molecule has 0 fully saturated rings. The lowest BCUT2D eigenvalue weighted by atomic mass is 9.84. The topological polar surface area (TPSA) is 24.9 Å². The van der Waals surface area contributed by atoms with E-state index in [1.165, 1.54) is 16.7 Å². The predicted octanol–water partition coefficient (Wildman–Crippen LogP) is 3.34. The van der Waals surface area contributed by atoms with Crippen LogP contribution in [-0.4, -0.2) is 11.0 Å². The highest BCUT2D eigenvalue weighted by Gasteiger charge is 2.28. The summed E-state index contributed by atoms with van der Waals surface area (Å²) in [4.78, 5) is 4.26. The lowest BCUT2D eigenvalue weighted by Gasteiger charge is -2.35. The molecule has 3 rings (SSSR count). The zero-order valence-electron chi connectivity index (χ0n) is 11.5. The quantitative estimate of drug-likeness (QED) is 0.886. The third-order valence-electron chi connectivity index (χ3n) is 4.01. The lowest BCUT2D eigenvalue weighted by molar-refractivity contribution is 0.352. The molecule has 2 heterocycles. The second kappa shape index (κ2) is 5.14. The van der Waals surface area contributed by atoms with E-state index in [0.29, 0.717) is 12.0 Å². The minimum Gasteiger partial charge on any atom is -0.303 e. The molecule has 2 nitrogen and oxygen atoms in total. The molecular weight excluding hydrogens is 232 g/mol. The maximum Gasteiger partial charge on any atom is 0.0596 e. The van der Waals surface area contributed by atoms with E-state index in [9.17, 15) is 0 Å². The summed E-state index contributed by atoms with van der Waals surface area (Å²) in [5.74, 6) is 0.632. The third kappa shape index (κ3) is 2.41. The number of fused-ring (bicyclic) bond motifs is 1. The first-order chi connectivity index (χ1) is 9.25. The molecule has 2 unspecified atom stereocenters. The molecule has 1 aliphatic rings. The average molecular weight is 252 g/mol. The van der Waals surface area contributed by atoms with Gasteiger partial charge in [0.25, 0.3) is 0 Å². The van der Waals surface area contributed by atoms with Gasteiger partial charge in [-0.15, -0.1) is 0 Å². The van der Waals surface area contributed by atoms with Gasteiger partial charge in [0.05, 0.1) is 6.04 Å². The monoisotopic (exact) mass is 252 g/mol. The Morgan fingerprint density at radius 2 is 2.00 bits per heavy atom. The highest BCUT2D eigenvalue weighted by molar-refractivity contribution is 5.39. The van der Waals surface area contributed by atoms with Gasteiger partial charge in [-0.3, -0.25) is 4.98 Å². The summed E-state index contributed by atoms with van der Waals surface area (Å²) >= 11 is 0. The molecule has 1 aromatic heterocycles. The average Bonchev–Trinajstić information content (AvgIpc) is 2.47. The summed E-state index contributed by atoms with van der Waals surface area (Å²) in [6.45, 7) is 4.57. The van der Waals surface area contributed by atoms with E-state index in [2.05, 4.69) is 54.5 Å². The fourth-order valence-corrected chi connectivity index (χ4v) is 2.85. The van der Waals surface area contributed by atoms with E-state index in [1.807, 2.05) is 18.5 Å². The number of benzene rings is 1. The number of nitrogens with one attached hydrogen (secondary N) is 1. The van der Waals surface area contributed by atoms with Crippen LogP contribution in [0.3, 0.4) is 0 Å². The van der Waals surface area contributed by atoms with Gasteiger partial charge in [-0.25, -0.2) is 0 Å². The normalized spacial score (nSPS) is 22.3. The van der Waals surface area contributed by atoms with Crippen LogP contribution in [0, 0.1) is 5.92 Å². The molecule has 98 valence electrons. The van der Waals surface area contributed by atoms with Crippen LogP contribution in [0.2, 0.25) is 0 Å². The van der Waals surface area contributed by atoms with Crippen molar-refractivity contribution in [2.24, 2.45) is 5.92 Å². The largest absolute Gasteiger partial charge is 0.303 e. The molecule has 0 amide bonds. The highest BCUT2D eigenvalue weighted by Crippen LogP contribution is 2.31. The van der Waals surface area contributed by atoms with Crippen molar-refractivity contribution in [3.05, 3.63) is 65.5 Å². The van der Waals surface area contributed by atoms with Crippen molar-refractivity contribution in [3.63, 3.8) is 0 Å². The Kier molecular flexibility index (Phi) is 3.34. The van der Waals surface area contributed by atoms with Crippen LogP contribution in [-0.2, 0) is 6.42 Å².